The summed E-state index contributed by atoms with van der Waals surface area (Å²) in [5, 5.41) is 43.5. The van der Waals surface area contributed by atoms with E-state index in [1.165, 1.54) is 0 Å². The van der Waals surface area contributed by atoms with Gasteiger partial charge in [0.1, 0.15) is 31.0 Å². The van der Waals surface area contributed by atoms with E-state index in [9.17, 15) is 34.4 Å². The lowest BCUT2D eigenvalue weighted by Gasteiger charge is -2.38. The molecule has 2 amide bonds. The number of nitrogens with one attached hydrogen (secondary N) is 2. The topological polar surface area (TPSA) is 167 Å². The van der Waals surface area contributed by atoms with Gasteiger partial charge in [-0.25, -0.2) is 4.39 Å². The molecule has 3 unspecified atom stereocenters. The fraction of sp³-hybridized carbons (Fsp3) is 0.826. The molecule has 35 heavy (non-hydrogen) atoms. The number of alkyl halides is 1. The number of carbonyl (C=O) groups is 2. The van der Waals surface area contributed by atoms with Gasteiger partial charge in [-0.05, 0) is 25.7 Å². The molecule has 6 atom stereocenters. The van der Waals surface area contributed by atoms with Gasteiger partial charge in [-0.3, -0.25) is 9.59 Å². The van der Waals surface area contributed by atoms with E-state index < -0.39 is 48.2 Å². The minimum Gasteiger partial charge on any atom is -0.387 e. The Morgan fingerprint density at radius 2 is 1.69 bits per heavy atom. The molecular weight excluding hydrogens is 467 g/mol. The molecule has 0 radical (unpaired) electrons. The van der Waals surface area contributed by atoms with Crippen molar-refractivity contribution in [2.24, 2.45) is 0 Å². The molecule has 2 rings (SSSR count). The van der Waals surface area contributed by atoms with Crippen molar-refractivity contribution in [3.05, 3.63) is 0 Å². The lowest BCUT2D eigenvalue weighted by Crippen LogP contribution is -2.58. The van der Waals surface area contributed by atoms with Crippen LogP contribution in [0.15, 0.2) is 0 Å². The Labute approximate surface area is 204 Å². The molecular formula is C23H37FN2O9. The third kappa shape index (κ3) is 9.97. The van der Waals surface area contributed by atoms with Crippen LogP contribution in [0.5, 0.6) is 0 Å². The number of halogens is 1. The predicted molar refractivity (Wildman–Crippen MR) is 120 cm³/mol. The summed E-state index contributed by atoms with van der Waals surface area (Å²) in [6.45, 7) is 0.806. The van der Waals surface area contributed by atoms with Crippen LogP contribution in [0.2, 0.25) is 0 Å². The fourth-order valence-electron chi connectivity index (χ4n) is 3.60. The second-order valence-corrected chi connectivity index (χ2v) is 8.64. The Kier molecular flexibility index (Phi) is 12.8. The van der Waals surface area contributed by atoms with Crippen LogP contribution in [0.3, 0.4) is 0 Å². The van der Waals surface area contributed by atoms with Gasteiger partial charge in [0.15, 0.2) is 6.29 Å². The average molecular weight is 505 g/mol. The third-order valence-electron chi connectivity index (χ3n) is 5.71. The monoisotopic (exact) mass is 504 g/mol. The standard InChI is InChI=1S/C23H37FN2O9/c24-23(8-4-2-1-3-5-9-23)22(32)26-11-7-13-33-12-6-10-25-17(27)15-34-14-16-18(28)19(29)20(30)21(31)35-16/h16,18-21,28-31H,1-4,6-8,10-15H2,(H,25,27)(H,26,32)/t16?,18-,19+,20?,21-,23?/m1/s1. The molecule has 1 heterocycles. The summed E-state index contributed by atoms with van der Waals surface area (Å²) in [5.41, 5.74) is -2.11. The van der Waals surface area contributed by atoms with Crippen molar-refractivity contribution in [1.29, 1.82) is 0 Å². The Hall–Kier alpha value is -1.85. The molecule has 0 aromatic heterocycles. The molecule has 12 heteroatoms. The van der Waals surface area contributed by atoms with E-state index in [4.69, 9.17) is 14.2 Å². The lowest BCUT2D eigenvalue weighted by atomic mass is 9.94. The van der Waals surface area contributed by atoms with E-state index in [0.717, 1.165) is 12.8 Å². The van der Waals surface area contributed by atoms with Crippen molar-refractivity contribution in [3.63, 3.8) is 0 Å². The van der Waals surface area contributed by atoms with Crippen LogP contribution < -0.4 is 10.6 Å². The SMILES string of the molecule is O=C(COCC1O[C@@H](O)C(O)[C@@H](O)[C@@H]1O)NCCCOCCCNC(=O)C1(F)C#CCCCCC1. The largest absolute Gasteiger partial charge is 0.387 e. The maximum atomic E-state index is 14.7. The van der Waals surface area contributed by atoms with Crippen molar-refractivity contribution in [2.75, 3.05) is 39.5 Å². The number of ether oxygens (including phenoxy) is 3. The third-order valence-corrected chi connectivity index (χ3v) is 5.71. The molecule has 200 valence electrons. The van der Waals surface area contributed by atoms with Gasteiger partial charge in [0, 0.05) is 39.1 Å². The van der Waals surface area contributed by atoms with E-state index >= 15 is 0 Å². The molecule has 1 aliphatic carbocycles. The summed E-state index contributed by atoms with van der Waals surface area (Å²) in [5.74, 6) is 4.11. The van der Waals surface area contributed by atoms with Crippen molar-refractivity contribution >= 4 is 11.8 Å². The number of hydrogen-bond donors (Lipinski definition) is 6. The van der Waals surface area contributed by atoms with Crippen molar-refractivity contribution < 1.29 is 48.6 Å². The van der Waals surface area contributed by atoms with Crippen molar-refractivity contribution in [2.45, 2.75) is 81.3 Å². The lowest BCUT2D eigenvalue weighted by molar-refractivity contribution is -0.288. The van der Waals surface area contributed by atoms with Gasteiger partial charge in [0.05, 0.1) is 6.61 Å². The number of aliphatic hydroxyl groups excluding tert-OH is 4. The van der Waals surface area contributed by atoms with Crippen LogP contribution in [-0.2, 0) is 23.8 Å². The maximum absolute atomic E-state index is 14.7. The van der Waals surface area contributed by atoms with Crippen molar-refractivity contribution in [1.82, 2.24) is 10.6 Å². The molecule has 1 aliphatic heterocycles. The van der Waals surface area contributed by atoms with Gasteiger partial charge < -0.3 is 45.3 Å². The van der Waals surface area contributed by atoms with Crippen LogP contribution >= 0.6 is 0 Å². The number of carbonyl (C=O) groups excluding carboxylic acids is 2. The highest BCUT2D eigenvalue weighted by Crippen LogP contribution is 2.22. The molecule has 6 N–H and O–H groups in total. The number of rotatable bonds is 13. The van der Waals surface area contributed by atoms with Gasteiger partial charge in [-0.2, -0.15) is 0 Å². The fourth-order valence-corrected chi connectivity index (χ4v) is 3.60. The zero-order chi connectivity index (χ0) is 25.7. The van der Waals surface area contributed by atoms with Crippen LogP contribution in [0.4, 0.5) is 4.39 Å². The Bertz CT molecular complexity index is 732. The second kappa shape index (κ2) is 15.3. The van der Waals surface area contributed by atoms with E-state index in [1.807, 2.05) is 0 Å². The summed E-state index contributed by atoms with van der Waals surface area (Å²) in [6, 6.07) is 0. The summed E-state index contributed by atoms with van der Waals surface area (Å²) in [6.07, 6.45) is -3.18. The first kappa shape index (κ1) is 29.4. The van der Waals surface area contributed by atoms with Gasteiger partial charge in [0.2, 0.25) is 11.6 Å². The Morgan fingerprint density at radius 1 is 0.971 bits per heavy atom. The van der Waals surface area contributed by atoms with E-state index in [-0.39, 0.29) is 26.2 Å². The molecule has 11 nitrogen and oxygen atoms in total. The summed E-state index contributed by atoms with van der Waals surface area (Å²) < 4.78 is 30.2. The maximum Gasteiger partial charge on any atom is 0.270 e. The first-order chi connectivity index (χ1) is 16.7. The molecule has 0 aromatic carbocycles. The van der Waals surface area contributed by atoms with E-state index in [2.05, 4.69) is 22.5 Å². The summed E-state index contributed by atoms with van der Waals surface area (Å²) in [4.78, 5) is 23.9. The summed E-state index contributed by atoms with van der Waals surface area (Å²) >= 11 is 0. The smallest absolute Gasteiger partial charge is 0.270 e. The molecule has 1 fully saturated rings. The van der Waals surface area contributed by atoms with Crippen molar-refractivity contribution in [3.8, 4) is 11.8 Å². The van der Waals surface area contributed by atoms with Crippen LogP contribution in [0, 0.1) is 11.8 Å². The molecule has 0 aromatic rings. The highest BCUT2D eigenvalue weighted by molar-refractivity contribution is 5.88. The van der Waals surface area contributed by atoms with Gasteiger partial charge in [-0.15, -0.1) is 0 Å². The first-order valence-electron chi connectivity index (χ1n) is 12.0. The van der Waals surface area contributed by atoms with Gasteiger partial charge >= 0.3 is 0 Å². The minimum atomic E-state index is -2.11. The summed E-state index contributed by atoms with van der Waals surface area (Å²) in [7, 11) is 0. The van der Waals surface area contributed by atoms with Crippen LogP contribution in [-0.4, -0.2) is 108 Å². The number of aliphatic hydroxyl groups is 4. The zero-order valence-electron chi connectivity index (χ0n) is 19.8. The predicted octanol–water partition coefficient (Wildman–Crippen LogP) is -1.49. The highest BCUT2D eigenvalue weighted by Gasteiger charge is 2.43. The van der Waals surface area contributed by atoms with Gasteiger partial charge in [-0.1, -0.05) is 18.3 Å². The minimum absolute atomic E-state index is 0.117. The molecule has 1 saturated heterocycles. The quantitative estimate of drug-likeness (QED) is 0.129. The second-order valence-electron chi connectivity index (χ2n) is 8.64. The van der Waals surface area contributed by atoms with Gasteiger partial charge in [0.25, 0.3) is 5.91 Å². The first-order valence-corrected chi connectivity index (χ1v) is 12.0. The molecule has 0 spiro atoms. The van der Waals surface area contributed by atoms with Crippen LogP contribution in [0.25, 0.3) is 0 Å². The zero-order valence-corrected chi connectivity index (χ0v) is 19.8. The normalized spacial score (nSPS) is 30.9. The molecule has 0 saturated carbocycles. The number of amides is 2. The Balaban J connectivity index is 1.45. The molecule has 2 aliphatic rings. The molecule has 0 bridgehead atoms. The van der Waals surface area contributed by atoms with E-state index in [0.29, 0.717) is 45.4 Å². The van der Waals surface area contributed by atoms with Crippen LogP contribution in [0.1, 0.15) is 44.9 Å². The highest BCUT2D eigenvalue weighted by atomic mass is 19.1. The average Bonchev–Trinajstić information content (AvgIpc) is 2.82. The number of hydrogen-bond acceptors (Lipinski definition) is 9. The Morgan fingerprint density at radius 3 is 2.43 bits per heavy atom. The van der Waals surface area contributed by atoms with E-state index in [1.54, 1.807) is 0 Å².